The number of hydrogen-bond acceptors (Lipinski definition) is 4. The van der Waals surface area contributed by atoms with Crippen LogP contribution in [0.5, 0.6) is 0 Å². The summed E-state index contributed by atoms with van der Waals surface area (Å²) in [6.45, 7) is 2.42. The van der Waals surface area contributed by atoms with E-state index in [2.05, 4.69) is 26.6 Å². The Morgan fingerprint density at radius 2 is 2.33 bits per heavy atom. The van der Waals surface area contributed by atoms with Crippen LogP contribution in [-0.4, -0.2) is 35.3 Å². The zero-order valence-electron chi connectivity index (χ0n) is 10.3. The van der Waals surface area contributed by atoms with Gasteiger partial charge in [-0.2, -0.15) is 11.8 Å². The van der Waals surface area contributed by atoms with E-state index >= 15 is 0 Å². The standard InChI is InChI=1S/C11H17BrN2O2S2/c1-11(16,7-17-2)6-14-10(15)13-5-8-3-4-18-9(8)12/h3-4,16H,5-7H2,1-2H3,(H2,13,14,15). The molecule has 0 bridgehead atoms. The molecular formula is C11H17BrN2O2S2. The van der Waals surface area contributed by atoms with Crippen LogP contribution in [0.3, 0.4) is 0 Å². The topological polar surface area (TPSA) is 61.4 Å². The molecule has 0 spiro atoms. The van der Waals surface area contributed by atoms with Crippen molar-refractivity contribution in [2.24, 2.45) is 0 Å². The molecule has 4 nitrogen and oxygen atoms in total. The monoisotopic (exact) mass is 352 g/mol. The molecule has 1 rings (SSSR count). The second-order valence-corrected chi connectivity index (χ2v) is 7.29. The normalized spacial score (nSPS) is 14.0. The number of nitrogens with one attached hydrogen (secondary N) is 2. The molecule has 0 saturated heterocycles. The molecular weight excluding hydrogens is 336 g/mol. The number of carbonyl (C=O) groups excluding carboxylic acids is 1. The van der Waals surface area contributed by atoms with Gasteiger partial charge in [0.15, 0.2) is 0 Å². The minimum absolute atomic E-state index is 0.241. The number of amides is 2. The second kappa shape index (κ2) is 7.37. The first-order valence-corrected chi connectivity index (χ1v) is 8.46. The van der Waals surface area contributed by atoms with Crippen molar-refractivity contribution in [2.75, 3.05) is 18.6 Å². The Balaban J connectivity index is 2.28. The van der Waals surface area contributed by atoms with Crippen molar-refractivity contribution < 1.29 is 9.90 Å². The highest BCUT2D eigenvalue weighted by Crippen LogP contribution is 2.22. The van der Waals surface area contributed by atoms with Crippen molar-refractivity contribution in [1.82, 2.24) is 10.6 Å². The average molecular weight is 353 g/mol. The van der Waals surface area contributed by atoms with E-state index in [9.17, 15) is 9.90 Å². The van der Waals surface area contributed by atoms with Crippen molar-refractivity contribution in [2.45, 2.75) is 19.1 Å². The number of thiophene rings is 1. The number of halogens is 1. The highest BCUT2D eigenvalue weighted by atomic mass is 79.9. The summed E-state index contributed by atoms with van der Waals surface area (Å²) in [4.78, 5) is 11.5. The quantitative estimate of drug-likeness (QED) is 0.736. The molecule has 1 unspecified atom stereocenters. The molecule has 7 heteroatoms. The van der Waals surface area contributed by atoms with Crippen molar-refractivity contribution >= 4 is 45.1 Å². The van der Waals surface area contributed by atoms with Crippen LogP contribution in [0.4, 0.5) is 4.79 Å². The number of hydrogen-bond donors (Lipinski definition) is 3. The lowest BCUT2D eigenvalue weighted by atomic mass is 10.1. The number of rotatable bonds is 6. The maximum absolute atomic E-state index is 11.5. The van der Waals surface area contributed by atoms with Gasteiger partial charge < -0.3 is 15.7 Å². The molecule has 1 aromatic heterocycles. The highest BCUT2D eigenvalue weighted by Gasteiger charge is 2.20. The van der Waals surface area contributed by atoms with Gasteiger partial charge >= 0.3 is 6.03 Å². The molecule has 102 valence electrons. The van der Waals surface area contributed by atoms with E-state index in [1.165, 1.54) is 0 Å². The lowest BCUT2D eigenvalue weighted by molar-refractivity contribution is 0.0869. The van der Waals surface area contributed by atoms with Crippen LogP contribution in [0.15, 0.2) is 15.2 Å². The number of thioether (sulfide) groups is 1. The van der Waals surface area contributed by atoms with Crippen LogP contribution in [0.1, 0.15) is 12.5 Å². The molecule has 1 atom stereocenters. The van der Waals surface area contributed by atoms with E-state index in [1.807, 2.05) is 17.7 Å². The van der Waals surface area contributed by atoms with Crippen LogP contribution in [0.2, 0.25) is 0 Å². The molecule has 1 heterocycles. The van der Waals surface area contributed by atoms with E-state index < -0.39 is 5.60 Å². The Hall–Kier alpha value is -0.240. The Morgan fingerprint density at radius 1 is 1.61 bits per heavy atom. The van der Waals surface area contributed by atoms with E-state index in [0.29, 0.717) is 12.3 Å². The number of aliphatic hydroxyl groups is 1. The van der Waals surface area contributed by atoms with Crippen molar-refractivity contribution in [3.05, 3.63) is 20.8 Å². The molecule has 1 aromatic rings. The van der Waals surface area contributed by atoms with E-state index in [0.717, 1.165) is 9.35 Å². The molecule has 0 saturated carbocycles. The number of urea groups is 1. The summed E-state index contributed by atoms with van der Waals surface area (Å²) in [7, 11) is 0. The zero-order chi connectivity index (χ0) is 13.6. The molecule has 0 aliphatic rings. The Kier molecular flexibility index (Phi) is 6.48. The van der Waals surface area contributed by atoms with Crippen LogP contribution in [-0.2, 0) is 6.54 Å². The SMILES string of the molecule is CSCC(C)(O)CNC(=O)NCc1ccsc1Br. The van der Waals surface area contributed by atoms with Gasteiger partial charge in [-0.15, -0.1) is 11.3 Å². The molecule has 3 N–H and O–H groups in total. The fourth-order valence-electron chi connectivity index (χ4n) is 1.32. The van der Waals surface area contributed by atoms with Gasteiger partial charge in [0.2, 0.25) is 0 Å². The molecule has 2 amide bonds. The van der Waals surface area contributed by atoms with E-state index in [4.69, 9.17) is 0 Å². The van der Waals surface area contributed by atoms with Crippen molar-refractivity contribution in [3.63, 3.8) is 0 Å². The van der Waals surface area contributed by atoms with E-state index in [-0.39, 0.29) is 12.6 Å². The van der Waals surface area contributed by atoms with Gasteiger partial charge in [0.1, 0.15) is 0 Å². The first kappa shape index (κ1) is 15.8. The van der Waals surface area contributed by atoms with Gasteiger partial charge in [0, 0.05) is 18.8 Å². The Morgan fingerprint density at radius 3 is 2.89 bits per heavy atom. The van der Waals surface area contributed by atoms with Gasteiger partial charge in [0.25, 0.3) is 0 Å². The molecule has 0 aromatic carbocycles. The second-order valence-electron chi connectivity index (χ2n) is 4.19. The Bertz CT molecular complexity index is 396. The predicted molar refractivity (Wildman–Crippen MR) is 81.3 cm³/mol. The van der Waals surface area contributed by atoms with Gasteiger partial charge in [-0.1, -0.05) is 0 Å². The van der Waals surface area contributed by atoms with E-state index in [1.54, 1.807) is 30.0 Å². The summed E-state index contributed by atoms with van der Waals surface area (Å²) < 4.78 is 1.03. The minimum atomic E-state index is -0.875. The van der Waals surface area contributed by atoms with Crippen molar-refractivity contribution in [3.8, 4) is 0 Å². The zero-order valence-corrected chi connectivity index (χ0v) is 13.5. The molecule has 0 fully saturated rings. The highest BCUT2D eigenvalue weighted by molar-refractivity contribution is 9.11. The lowest BCUT2D eigenvalue weighted by Gasteiger charge is -2.22. The fraction of sp³-hybridized carbons (Fsp3) is 0.545. The minimum Gasteiger partial charge on any atom is -0.387 e. The largest absolute Gasteiger partial charge is 0.387 e. The average Bonchev–Trinajstić information content (AvgIpc) is 2.70. The van der Waals surface area contributed by atoms with Crippen LogP contribution in [0.25, 0.3) is 0 Å². The molecule has 0 aliphatic heterocycles. The van der Waals surface area contributed by atoms with Crippen LogP contribution < -0.4 is 10.6 Å². The maximum Gasteiger partial charge on any atom is 0.315 e. The summed E-state index contributed by atoms with van der Waals surface area (Å²) in [6.07, 6.45) is 1.92. The van der Waals surface area contributed by atoms with Crippen LogP contribution in [0, 0.1) is 0 Å². The summed E-state index contributed by atoms with van der Waals surface area (Å²) in [6, 6.07) is 1.69. The van der Waals surface area contributed by atoms with Gasteiger partial charge in [-0.25, -0.2) is 4.79 Å². The van der Waals surface area contributed by atoms with Crippen LogP contribution >= 0.6 is 39.0 Å². The Labute approximate surface area is 124 Å². The lowest BCUT2D eigenvalue weighted by Crippen LogP contribution is -2.45. The first-order chi connectivity index (χ1) is 8.44. The summed E-state index contributed by atoms with van der Waals surface area (Å²) >= 11 is 6.54. The predicted octanol–water partition coefficient (Wildman–Crippen LogP) is 2.42. The maximum atomic E-state index is 11.5. The summed E-state index contributed by atoms with van der Waals surface area (Å²) in [5.74, 6) is 0.587. The smallest absolute Gasteiger partial charge is 0.315 e. The fourth-order valence-corrected chi connectivity index (χ4v) is 3.28. The third kappa shape index (κ3) is 5.60. The molecule has 18 heavy (non-hydrogen) atoms. The molecule has 0 aliphatic carbocycles. The van der Waals surface area contributed by atoms with Gasteiger partial charge in [0.05, 0.1) is 9.39 Å². The summed E-state index contributed by atoms with van der Waals surface area (Å²) in [5, 5.41) is 17.3. The third-order valence-electron chi connectivity index (χ3n) is 2.22. The van der Waals surface area contributed by atoms with Gasteiger partial charge in [-0.3, -0.25) is 0 Å². The van der Waals surface area contributed by atoms with Gasteiger partial charge in [-0.05, 0) is 46.1 Å². The molecule has 0 radical (unpaired) electrons. The number of carbonyl (C=O) groups is 1. The third-order valence-corrected chi connectivity index (χ3v) is 4.94. The van der Waals surface area contributed by atoms with Crippen molar-refractivity contribution in [1.29, 1.82) is 0 Å². The summed E-state index contributed by atoms with van der Waals surface area (Å²) in [5.41, 5.74) is 0.172. The first-order valence-electron chi connectivity index (χ1n) is 5.39.